The van der Waals surface area contributed by atoms with Crippen LogP contribution >= 0.6 is 11.6 Å². The van der Waals surface area contributed by atoms with Crippen LogP contribution in [0.5, 0.6) is 0 Å². The Bertz CT molecular complexity index is 386. The largest absolute Gasteiger partial charge is 0.369 e. The molecule has 1 aliphatic carbocycles. The molecule has 100 valence electrons. The lowest BCUT2D eigenvalue weighted by molar-refractivity contribution is 0.620. The number of rotatable bonds is 5. The third-order valence-corrected chi connectivity index (χ3v) is 4.19. The smallest absolute Gasteiger partial charge is 0.0471 e. The average molecular weight is 267 g/mol. The second kappa shape index (κ2) is 6.44. The van der Waals surface area contributed by atoms with Crippen LogP contribution in [0.1, 0.15) is 38.2 Å². The van der Waals surface area contributed by atoms with E-state index in [0.29, 0.717) is 6.04 Å². The highest BCUT2D eigenvalue weighted by molar-refractivity contribution is 6.31. The van der Waals surface area contributed by atoms with Gasteiger partial charge in [0.1, 0.15) is 0 Å². The predicted molar refractivity (Wildman–Crippen MR) is 79.5 cm³/mol. The van der Waals surface area contributed by atoms with Crippen LogP contribution in [0.4, 0.5) is 5.69 Å². The maximum absolute atomic E-state index is 6.35. The first-order chi connectivity index (χ1) is 8.76. The van der Waals surface area contributed by atoms with Crippen molar-refractivity contribution < 1.29 is 0 Å². The summed E-state index contributed by atoms with van der Waals surface area (Å²) in [5.74, 6) is 0. The highest BCUT2D eigenvalue weighted by Crippen LogP contribution is 2.30. The van der Waals surface area contributed by atoms with Crippen molar-refractivity contribution in [3.63, 3.8) is 0 Å². The van der Waals surface area contributed by atoms with Crippen LogP contribution in [-0.4, -0.2) is 19.6 Å². The first-order valence-electron chi connectivity index (χ1n) is 6.96. The minimum Gasteiger partial charge on any atom is -0.369 e. The number of benzene rings is 1. The van der Waals surface area contributed by atoms with Gasteiger partial charge in [-0.15, -0.1) is 0 Å². The molecule has 0 bridgehead atoms. The first-order valence-corrected chi connectivity index (χ1v) is 7.33. The second-order valence-electron chi connectivity index (χ2n) is 5.03. The average Bonchev–Trinajstić information content (AvgIpc) is 2.87. The fraction of sp³-hybridized carbons (Fsp3) is 0.600. The van der Waals surface area contributed by atoms with E-state index in [9.17, 15) is 0 Å². The van der Waals surface area contributed by atoms with Gasteiger partial charge < -0.3 is 10.2 Å². The molecule has 0 spiro atoms. The summed E-state index contributed by atoms with van der Waals surface area (Å²) in [4.78, 5) is 2.50. The van der Waals surface area contributed by atoms with Gasteiger partial charge in [-0.1, -0.05) is 30.5 Å². The van der Waals surface area contributed by atoms with Crippen molar-refractivity contribution in [2.75, 3.05) is 18.5 Å². The molecule has 0 unspecified atom stereocenters. The van der Waals surface area contributed by atoms with Gasteiger partial charge in [0.05, 0.1) is 0 Å². The highest BCUT2D eigenvalue weighted by Gasteiger charge is 2.21. The molecule has 0 aromatic heterocycles. The molecule has 0 radical (unpaired) electrons. The van der Waals surface area contributed by atoms with E-state index in [1.165, 1.54) is 36.9 Å². The van der Waals surface area contributed by atoms with E-state index in [0.717, 1.165) is 18.1 Å². The quantitative estimate of drug-likeness (QED) is 0.871. The number of halogens is 1. The summed E-state index contributed by atoms with van der Waals surface area (Å²) in [7, 11) is 1.95. The Balaban J connectivity index is 2.17. The Kier molecular flexibility index (Phi) is 4.90. The molecule has 0 aliphatic heterocycles. The van der Waals surface area contributed by atoms with E-state index in [2.05, 4.69) is 35.3 Å². The third kappa shape index (κ3) is 2.99. The van der Waals surface area contributed by atoms with Gasteiger partial charge in [-0.2, -0.15) is 0 Å². The van der Waals surface area contributed by atoms with E-state index in [1.807, 2.05) is 7.05 Å². The summed E-state index contributed by atoms with van der Waals surface area (Å²) in [6.07, 6.45) is 5.38. The van der Waals surface area contributed by atoms with Crippen molar-refractivity contribution in [3.8, 4) is 0 Å². The molecule has 1 aliphatic rings. The van der Waals surface area contributed by atoms with E-state index < -0.39 is 0 Å². The lowest BCUT2D eigenvalue weighted by atomic mass is 10.1. The molecule has 2 rings (SSSR count). The molecule has 1 N–H and O–H groups in total. The van der Waals surface area contributed by atoms with Crippen LogP contribution in [0.25, 0.3) is 0 Å². The highest BCUT2D eigenvalue weighted by atomic mass is 35.5. The Morgan fingerprint density at radius 2 is 2.06 bits per heavy atom. The zero-order valence-electron chi connectivity index (χ0n) is 11.4. The molecule has 1 fully saturated rings. The van der Waals surface area contributed by atoms with Gasteiger partial charge in [0, 0.05) is 29.8 Å². The van der Waals surface area contributed by atoms with Gasteiger partial charge in [0.2, 0.25) is 0 Å². The second-order valence-corrected chi connectivity index (χ2v) is 5.44. The molecule has 1 saturated carbocycles. The Labute approximate surface area is 115 Å². The zero-order valence-corrected chi connectivity index (χ0v) is 12.1. The molecule has 3 heteroatoms. The monoisotopic (exact) mass is 266 g/mol. The van der Waals surface area contributed by atoms with Gasteiger partial charge >= 0.3 is 0 Å². The molecular formula is C15H23ClN2. The number of nitrogens with zero attached hydrogens (tertiary/aromatic N) is 1. The molecule has 1 aromatic rings. The van der Waals surface area contributed by atoms with Crippen molar-refractivity contribution in [3.05, 3.63) is 28.8 Å². The summed E-state index contributed by atoms with van der Waals surface area (Å²) in [6, 6.07) is 7.18. The van der Waals surface area contributed by atoms with Gasteiger partial charge in [-0.25, -0.2) is 0 Å². The fourth-order valence-corrected chi connectivity index (χ4v) is 3.16. The summed E-state index contributed by atoms with van der Waals surface area (Å²) in [5.41, 5.74) is 2.44. The van der Waals surface area contributed by atoms with Crippen LogP contribution in [0.15, 0.2) is 18.2 Å². The van der Waals surface area contributed by atoms with Crippen molar-refractivity contribution in [2.45, 2.75) is 45.2 Å². The predicted octanol–water partition coefficient (Wildman–Crippen LogP) is 3.83. The van der Waals surface area contributed by atoms with Crippen LogP contribution in [0, 0.1) is 0 Å². The molecule has 18 heavy (non-hydrogen) atoms. The summed E-state index contributed by atoms with van der Waals surface area (Å²) >= 11 is 6.35. The van der Waals surface area contributed by atoms with Crippen LogP contribution in [0.3, 0.4) is 0 Å². The van der Waals surface area contributed by atoms with E-state index in [4.69, 9.17) is 11.6 Å². The minimum absolute atomic E-state index is 0.709. The fourth-order valence-electron chi connectivity index (χ4n) is 2.92. The maximum Gasteiger partial charge on any atom is 0.0471 e. The van der Waals surface area contributed by atoms with Crippen molar-refractivity contribution in [1.82, 2.24) is 5.32 Å². The molecule has 2 nitrogen and oxygen atoms in total. The van der Waals surface area contributed by atoms with Crippen LogP contribution in [0.2, 0.25) is 5.02 Å². The molecule has 0 atom stereocenters. The van der Waals surface area contributed by atoms with E-state index in [-0.39, 0.29) is 0 Å². The number of hydrogen-bond acceptors (Lipinski definition) is 2. The summed E-state index contributed by atoms with van der Waals surface area (Å²) in [6.45, 7) is 4.12. The summed E-state index contributed by atoms with van der Waals surface area (Å²) < 4.78 is 0. The molecular weight excluding hydrogens is 244 g/mol. The van der Waals surface area contributed by atoms with Crippen molar-refractivity contribution in [2.24, 2.45) is 0 Å². The lowest BCUT2D eigenvalue weighted by Crippen LogP contribution is -2.32. The molecule has 0 amide bonds. The Morgan fingerprint density at radius 3 is 2.61 bits per heavy atom. The van der Waals surface area contributed by atoms with Crippen molar-refractivity contribution in [1.29, 1.82) is 0 Å². The topological polar surface area (TPSA) is 15.3 Å². The van der Waals surface area contributed by atoms with E-state index >= 15 is 0 Å². The first kappa shape index (κ1) is 13.7. The lowest BCUT2D eigenvalue weighted by Gasteiger charge is -2.30. The Hall–Kier alpha value is -0.730. The van der Waals surface area contributed by atoms with Gasteiger partial charge in [-0.3, -0.25) is 0 Å². The number of hydrogen-bond donors (Lipinski definition) is 1. The third-order valence-electron chi connectivity index (χ3n) is 3.84. The van der Waals surface area contributed by atoms with Gasteiger partial charge in [0.25, 0.3) is 0 Å². The van der Waals surface area contributed by atoms with Gasteiger partial charge in [0.15, 0.2) is 0 Å². The zero-order chi connectivity index (χ0) is 13.0. The maximum atomic E-state index is 6.35. The summed E-state index contributed by atoms with van der Waals surface area (Å²) in [5, 5.41) is 4.02. The normalized spacial score (nSPS) is 16.2. The van der Waals surface area contributed by atoms with Crippen LogP contribution < -0.4 is 10.2 Å². The SMILES string of the molecule is CCN(c1ccc(CNC)c(Cl)c1)C1CCCC1. The Morgan fingerprint density at radius 1 is 1.33 bits per heavy atom. The van der Waals surface area contributed by atoms with Crippen molar-refractivity contribution >= 4 is 17.3 Å². The number of anilines is 1. The van der Waals surface area contributed by atoms with Crippen LogP contribution in [-0.2, 0) is 6.54 Å². The molecule has 0 heterocycles. The van der Waals surface area contributed by atoms with E-state index in [1.54, 1.807) is 0 Å². The molecule has 0 saturated heterocycles. The number of nitrogens with one attached hydrogen (secondary N) is 1. The standard InChI is InChI=1S/C15H23ClN2/c1-3-18(13-6-4-5-7-13)14-9-8-12(11-17-2)15(16)10-14/h8-10,13,17H,3-7,11H2,1-2H3. The molecule has 1 aromatic carbocycles. The minimum atomic E-state index is 0.709. The van der Waals surface area contributed by atoms with Gasteiger partial charge in [-0.05, 0) is 44.5 Å².